The average Bonchev–Trinajstić information content (AvgIpc) is 0.807. The first-order valence-electron chi connectivity index (χ1n) is 47.0. The first kappa shape index (κ1) is 83.0. The van der Waals surface area contributed by atoms with Crippen molar-refractivity contribution in [2.45, 2.75) is 441 Å². The van der Waals surface area contributed by atoms with Gasteiger partial charge in [0.1, 0.15) is 0 Å². The van der Waals surface area contributed by atoms with Crippen molar-refractivity contribution in [3.8, 4) is 0 Å². The van der Waals surface area contributed by atoms with E-state index in [2.05, 4.69) is 145 Å². The highest BCUT2D eigenvalue weighted by atomic mass is 14.6. The van der Waals surface area contributed by atoms with Crippen LogP contribution in [0.1, 0.15) is 441 Å². The molecule has 13 aliphatic rings. The van der Waals surface area contributed by atoms with Gasteiger partial charge in [0.05, 0.1) is 0 Å². The summed E-state index contributed by atoms with van der Waals surface area (Å²) in [4.78, 5) is 0. The summed E-state index contributed by atoms with van der Waals surface area (Å²) in [6, 6.07) is 0. The lowest BCUT2D eigenvalue weighted by atomic mass is 9.44. The van der Waals surface area contributed by atoms with E-state index in [9.17, 15) is 0 Å². The van der Waals surface area contributed by atoms with Gasteiger partial charge in [-0.15, -0.1) is 0 Å². The van der Waals surface area contributed by atoms with E-state index >= 15 is 0 Å². The molecule has 24 unspecified atom stereocenters. The summed E-state index contributed by atoms with van der Waals surface area (Å²) in [5.41, 5.74) is 3.27. The Morgan fingerprint density at radius 1 is 0.283 bits per heavy atom. The molecule has 0 aromatic heterocycles. The maximum atomic E-state index is 2.69. The van der Waals surface area contributed by atoms with Crippen molar-refractivity contribution in [3.63, 3.8) is 0 Å². The zero-order valence-electron chi connectivity index (χ0n) is 71.6. The van der Waals surface area contributed by atoms with Gasteiger partial charge in [-0.1, -0.05) is 261 Å². The fourth-order valence-electron chi connectivity index (χ4n) is 29.7. The standard InChI is InChI=1S/3C20H36.C20H40.C19H34/c1-14(2)15-7-8-16-13-18-6-5-11-20(3,4)19(18)10-9-17(16)12-15;1-5-7-15-8-10-17-16(14-15)9-11-18-19(2,3)12-6-13-20(17,18)4;1-5-6-16-7-9-19-17(13-16)8-10-18-15(3)14(2)11-12-20(18,19)4;1-16(2)20-14-12-18(4)10-6-8-17(3)9-7-11-19(5)13-15-20;1-13(2)14-7-9-16-15(12-14)8-10-18-17(16)6-5-11-19(18,3)4/h14-19H,5-13H2,1-4H3;15-18H,5-14H2,1-4H3;14-19H,5-13H2,1-4H3;16-20H,6-15H2,1-5H3;13-18H,5-12H2,1-4H3. The maximum Gasteiger partial charge on any atom is -0.0261 e. The van der Waals surface area contributed by atoms with Crippen LogP contribution in [0.25, 0.3) is 0 Å². The fourth-order valence-corrected chi connectivity index (χ4v) is 29.7. The smallest absolute Gasteiger partial charge is 0.0261 e. The summed E-state index contributed by atoms with van der Waals surface area (Å²) >= 11 is 0. The number of rotatable bonds is 7. The van der Waals surface area contributed by atoms with Gasteiger partial charge in [0.25, 0.3) is 0 Å². The van der Waals surface area contributed by atoms with Gasteiger partial charge in [-0.25, -0.2) is 0 Å². The summed E-state index contributed by atoms with van der Waals surface area (Å²) in [5.74, 6) is 27.7. The summed E-state index contributed by atoms with van der Waals surface area (Å²) < 4.78 is 0. The molecule has 24 atom stereocenters. The van der Waals surface area contributed by atoms with Crippen LogP contribution >= 0.6 is 0 Å². The molecule has 13 fully saturated rings. The van der Waals surface area contributed by atoms with Crippen LogP contribution in [0.2, 0.25) is 0 Å². The Kier molecular flexibility index (Phi) is 31.4. The van der Waals surface area contributed by atoms with Crippen LogP contribution in [0.3, 0.4) is 0 Å². The van der Waals surface area contributed by atoms with Crippen molar-refractivity contribution in [1.82, 2.24) is 0 Å². The minimum Gasteiger partial charge on any atom is -0.0654 e. The highest BCUT2D eigenvalue weighted by Crippen LogP contribution is 2.66. The first-order chi connectivity index (χ1) is 47.0. The predicted octanol–water partition coefficient (Wildman–Crippen LogP) is 32.0. The van der Waals surface area contributed by atoms with Crippen LogP contribution in [0.15, 0.2) is 0 Å². The van der Waals surface area contributed by atoms with Crippen molar-refractivity contribution in [2.24, 2.45) is 187 Å². The first-order valence-corrected chi connectivity index (χ1v) is 47.0. The van der Waals surface area contributed by atoms with Gasteiger partial charge in [-0.05, 0) is 367 Å². The molecule has 0 heteroatoms. The second-order valence-electron chi connectivity index (χ2n) is 44.9. The molecule has 0 spiro atoms. The molecule has 99 heavy (non-hydrogen) atoms. The molecule has 578 valence electrons. The normalized spacial score (nSPS) is 45.1. The molecule has 0 heterocycles. The molecule has 0 aliphatic heterocycles. The Morgan fingerprint density at radius 2 is 0.717 bits per heavy atom. The number of hydrogen-bond donors (Lipinski definition) is 0. The van der Waals surface area contributed by atoms with Crippen LogP contribution in [-0.2, 0) is 0 Å². The van der Waals surface area contributed by atoms with Crippen LogP contribution in [-0.4, -0.2) is 0 Å². The molecule has 0 bridgehead atoms. The molecule has 0 aromatic carbocycles. The van der Waals surface area contributed by atoms with E-state index in [-0.39, 0.29) is 0 Å². The van der Waals surface area contributed by atoms with Crippen molar-refractivity contribution in [3.05, 3.63) is 0 Å². The van der Waals surface area contributed by atoms with E-state index in [1.165, 1.54) is 173 Å². The van der Waals surface area contributed by atoms with Crippen LogP contribution < -0.4 is 0 Å². The third-order valence-electron chi connectivity index (χ3n) is 36.4. The number of fused-ring (bicyclic) bond motifs is 11. The Hall–Kier alpha value is 0. The van der Waals surface area contributed by atoms with Crippen LogP contribution in [0, 0.1) is 187 Å². The van der Waals surface area contributed by atoms with E-state index in [4.69, 9.17) is 0 Å². The summed E-state index contributed by atoms with van der Waals surface area (Å²) in [5, 5.41) is 0. The molecule has 0 radical (unpaired) electrons. The SMILES string of the molecule is CC(C)C1CCC2C(CCC3C2CCCC3(C)C)C1.CC(C)C1CCC2CC3CCCC(C)(C)C3CCC2C1.CC1CCCC(C)CCC(C(C)C)CCC(C)CCC1.CCCC1CCC2C(CCC3C(C)(C)CCCC23C)C1.CCCC1CCC2C(CCC3C(C)C(C)CCC23C)C1. The fraction of sp³-hybridized carbons (Fsp3) is 1.00. The lowest BCUT2D eigenvalue weighted by Gasteiger charge is -2.61. The van der Waals surface area contributed by atoms with Crippen molar-refractivity contribution >= 4 is 0 Å². The Balaban J connectivity index is 0.000000145. The van der Waals surface area contributed by atoms with Crippen molar-refractivity contribution < 1.29 is 0 Å². The highest BCUT2D eigenvalue weighted by Gasteiger charge is 2.57. The topological polar surface area (TPSA) is 0 Å². The van der Waals surface area contributed by atoms with Crippen LogP contribution in [0.4, 0.5) is 0 Å². The third-order valence-corrected chi connectivity index (χ3v) is 36.4. The van der Waals surface area contributed by atoms with Gasteiger partial charge in [0.2, 0.25) is 0 Å². The molecular weight excluding hydrogens is 1190 g/mol. The van der Waals surface area contributed by atoms with E-state index < -0.39 is 0 Å². The lowest BCUT2D eigenvalue weighted by molar-refractivity contribution is -0.115. The van der Waals surface area contributed by atoms with E-state index in [0.717, 1.165) is 160 Å². The van der Waals surface area contributed by atoms with Crippen molar-refractivity contribution in [2.75, 3.05) is 0 Å². The van der Waals surface area contributed by atoms with Gasteiger partial charge >= 0.3 is 0 Å². The Labute approximate surface area is 623 Å². The molecule has 0 aromatic rings. The zero-order valence-corrected chi connectivity index (χ0v) is 71.6. The summed E-state index contributed by atoms with van der Waals surface area (Å²) in [6.45, 7) is 52.7. The molecule has 0 amide bonds. The minimum absolute atomic E-state index is 0.609. The molecule has 13 rings (SSSR count). The second-order valence-corrected chi connectivity index (χ2v) is 44.9. The molecule has 0 saturated heterocycles. The van der Waals surface area contributed by atoms with E-state index in [1.54, 1.807) is 122 Å². The number of hydrogen-bond acceptors (Lipinski definition) is 0. The van der Waals surface area contributed by atoms with Gasteiger partial charge in [0, 0.05) is 0 Å². The van der Waals surface area contributed by atoms with Gasteiger partial charge in [0.15, 0.2) is 0 Å². The zero-order chi connectivity index (χ0) is 71.6. The third kappa shape index (κ3) is 21.3. The Bertz CT molecular complexity index is 2250. The largest absolute Gasteiger partial charge is 0.0654 e. The second kappa shape index (κ2) is 37.4. The van der Waals surface area contributed by atoms with Gasteiger partial charge < -0.3 is 0 Å². The average molecular weight is 1370 g/mol. The Morgan fingerprint density at radius 3 is 1.30 bits per heavy atom. The molecule has 13 aliphatic carbocycles. The maximum absolute atomic E-state index is 2.69. The molecule has 0 nitrogen and oxygen atoms in total. The van der Waals surface area contributed by atoms with Gasteiger partial charge in [-0.3, -0.25) is 0 Å². The summed E-state index contributed by atoms with van der Waals surface area (Å²) in [7, 11) is 0. The quantitative estimate of drug-likeness (QED) is 0.238. The van der Waals surface area contributed by atoms with E-state index in [1.807, 2.05) is 0 Å². The van der Waals surface area contributed by atoms with Gasteiger partial charge in [-0.2, -0.15) is 0 Å². The predicted molar refractivity (Wildman–Crippen MR) is 438 cm³/mol. The monoisotopic (exact) mass is 1370 g/mol. The molecular formula is C99H182. The summed E-state index contributed by atoms with van der Waals surface area (Å²) in [6.07, 6.45) is 69.6. The van der Waals surface area contributed by atoms with E-state index in [0.29, 0.717) is 27.1 Å². The molecule has 0 N–H and O–H groups in total. The lowest BCUT2D eigenvalue weighted by Crippen LogP contribution is -2.52. The minimum atomic E-state index is 0.609. The van der Waals surface area contributed by atoms with Crippen molar-refractivity contribution in [1.29, 1.82) is 0 Å². The highest BCUT2D eigenvalue weighted by molar-refractivity contribution is 5.07. The van der Waals surface area contributed by atoms with Crippen LogP contribution in [0.5, 0.6) is 0 Å². The molecule has 13 saturated carbocycles.